The molecule has 1 amide bonds. The first-order valence-electron chi connectivity index (χ1n) is 12.2. The maximum Gasteiger partial charge on any atom is 0.417 e. The Balaban J connectivity index is 1.12. The number of carbonyl (C=O) groups excluding carboxylic acids is 1. The van der Waals surface area contributed by atoms with Crippen molar-refractivity contribution in [3.05, 3.63) is 77.9 Å². The summed E-state index contributed by atoms with van der Waals surface area (Å²) < 4.78 is 22.1. The molecule has 1 saturated heterocycles. The van der Waals surface area contributed by atoms with Crippen LogP contribution in [0.1, 0.15) is 37.7 Å². The maximum absolute atomic E-state index is 12.5. The monoisotopic (exact) mass is 491 g/mol. The van der Waals surface area contributed by atoms with E-state index in [4.69, 9.17) is 18.9 Å². The number of aliphatic hydroxyl groups excluding tert-OH is 1. The molecule has 0 radical (unpaired) electrons. The lowest BCUT2D eigenvalue weighted by atomic mass is 10.0. The number of carbonyl (C=O) groups is 1. The van der Waals surface area contributed by atoms with Gasteiger partial charge in [-0.1, -0.05) is 18.2 Å². The Morgan fingerprint density at radius 2 is 2.17 bits per heavy atom. The predicted molar refractivity (Wildman–Crippen MR) is 131 cm³/mol. The van der Waals surface area contributed by atoms with E-state index < -0.39 is 12.2 Å². The van der Waals surface area contributed by atoms with Crippen LogP contribution in [0.3, 0.4) is 0 Å². The third kappa shape index (κ3) is 5.36. The number of aromatic nitrogens is 2. The number of rotatable bonds is 9. The molecule has 2 aliphatic heterocycles. The Bertz CT molecular complexity index is 1250. The minimum Gasteiger partial charge on any atom is -0.481 e. The van der Waals surface area contributed by atoms with Crippen molar-refractivity contribution in [3.8, 4) is 5.88 Å². The Morgan fingerprint density at radius 1 is 1.25 bits per heavy atom. The van der Waals surface area contributed by atoms with Gasteiger partial charge in [0.1, 0.15) is 12.4 Å². The van der Waals surface area contributed by atoms with Gasteiger partial charge in [-0.15, -0.1) is 0 Å². The van der Waals surface area contributed by atoms with Crippen LogP contribution >= 0.6 is 0 Å². The second kappa shape index (κ2) is 10.8. The second-order valence-electron chi connectivity index (χ2n) is 8.91. The topological polar surface area (TPSA) is 103 Å². The molecule has 1 fully saturated rings. The van der Waals surface area contributed by atoms with Crippen LogP contribution in [-0.4, -0.2) is 51.9 Å². The summed E-state index contributed by atoms with van der Waals surface area (Å²) in [7, 11) is 1.58. The van der Waals surface area contributed by atoms with Crippen LogP contribution in [0.25, 0.3) is 11.0 Å². The van der Waals surface area contributed by atoms with Crippen molar-refractivity contribution >= 4 is 17.1 Å². The number of methoxy groups -OCH3 is 1. The molecule has 0 unspecified atom stereocenters. The van der Waals surface area contributed by atoms with E-state index in [2.05, 4.69) is 16.0 Å². The van der Waals surface area contributed by atoms with Gasteiger partial charge in [0, 0.05) is 12.3 Å². The highest BCUT2D eigenvalue weighted by Crippen LogP contribution is 2.30. The zero-order valence-electron chi connectivity index (χ0n) is 20.1. The van der Waals surface area contributed by atoms with Crippen molar-refractivity contribution in [1.29, 1.82) is 0 Å². The van der Waals surface area contributed by atoms with Gasteiger partial charge in [0.2, 0.25) is 11.8 Å². The van der Waals surface area contributed by atoms with E-state index in [0.717, 1.165) is 35.0 Å². The number of aliphatic hydroxyl groups is 1. The van der Waals surface area contributed by atoms with Gasteiger partial charge in [0.15, 0.2) is 12.0 Å². The standard InChI is InChI=1S/C27H29N3O6/c1-33-24-12-11-22-26(29-24)19(13-14-28-22)7-8-20(31)9-10-21-15-30(27(32)35-21)25-17-34-16-23(36-25)18-5-3-2-4-6-18/h2-3,5,11-14,16-17,20-21,31H,4,6-10,15H2,1H3/t20-,21+/m1/s1. The number of allylic oxidation sites excluding steroid dienone is 4. The van der Waals surface area contributed by atoms with E-state index in [1.807, 2.05) is 24.3 Å². The largest absolute Gasteiger partial charge is 0.481 e. The molecule has 2 aromatic heterocycles. The van der Waals surface area contributed by atoms with E-state index in [-0.39, 0.29) is 6.10 Å². The number of hydrogen-bond donors (Lipinski definition) is 1. The molecule has 1 N–H and O–H groups in total. The first-order valence-corrected chi connectivity index (χ1v) is 12.2. The first-order chi connectivity index (χ1) is 17.6. The molecule has 2 atom stereocenters. The normalized spacial score (nSPS) is 20.2. The van der Waals surface area contributed by atoms with E-state index in [0.29, 0.717) is 49.8 Å². The van der Waals surface area contributed by atoms with E-state index >= 15 is 0 Å². The zero-order valence-corrected chi connectivity index (χ0v) is 20.1. The molecule has 5 rings (SSSR count). The Kier molecular flexibility index (Phi) is 7.18. The van der Waals surface area contributed by atoms with Gasteiger partial charge in [-0.05, 0) is 61.8 Å². The molecule has 36 heavy (non-hydrogen) atoms. The van der Waals surface area contributed by atoms with Gasteiger partial charge < -0.3 is 24.1 Å². The van der Waals surface area contributed by atoms with Gasteiger partial charge in [-0.2, -0.15) is 0 Å². The number of nitrogens with zero attached hydrogens (tertiary/aromatic N) is 3. The van der Waals surface area contributed by atoms with Crippen LogP contribution in [0.4, 0.5) is 4.79 Å². The summed E-state index contributed by atoms with van der Waals surface area (Å²) in [5.41, 5.74) is 3.59. The summed E-state index contributed by atoms with van der Waals surface area (Å²) in [5.74, 6) is 1.44. The lowest BCUT2D eigenvalue weighted by Gasteiger charge is -2.23. The number of cyclic esters (lactones) is 1. The Hall–Kier alpha value is -3.85. The van der Waals surface area contributed by atoms with Crippen molar-refractivity contribution in [1.82, 2.24) is 14.9 Å². The third-order valence-electron chi connectivity index (χ3n) is 6.45. The molecule has 0 spiro atoms. The summed E-state index contributed by atoms with van der Waals surface area (Å²) in [5, 5.41) is 10.6. The highest BCUT2D eigenvalue weighted by atomic mass is 16.6. The number of ether oxygens (including phenoxy) is 4. The molecule has 1 aliphatic carbocycles. The van der Waals surface area contributed by atoms with Gasteiger partial charge in [0.05, 0.1) is 30.8 Å². The summed E-state index contributed by atoms with van der Waals surface area (Å²) in [6.07, 6.45) is 13.4. The van der Waals surface area contributed by atoms with Crippen LogP contribution < -0.4 is 4.74 Å². The maximum atomic E-state index is 12.5. The molecule has 188 valence electrons. The van der Waals surface area contributed by atoms with E-state index in [1.54, 1.807) is 25.6 Å². The van der Waals surface area contributed by atoms with Crippen molar-refractivity contribution in [2.75, 3.05) is 13.7 Å². The number of amides is 1. The summed E-state index contributed by atoms with van der Waals surface area (Å²) in [6.45, 7) is 0.339. The quantitative estimate of drug-likeness (QED) is 0.547. The first kappa shape index (κ1) is 23.9. The molecule has 0 aromatic carbocycles. The van der Waals surface area contributed by atoms with Gasteiger partial charge in [-0.25, -0.2) is 14.7 Å². The highest BCUT2D eigenvalue weighted by molar-refractivity contribution is 5.78. The molecule has 3 aliphatic rings. The molecule has 2 aromatic rings. The molecular weight excluding hydrogens is 462 g/mol. The van der Waals surface area contributed by atoms with Crippen molar-refractivity contribution in [3.63, 3.8) is 0 Å². The number of fused-ring (bicyclic) bond motifs is 1. The Morgan fingerprint density at radius 3 is 3.00 bits per heavy atom. The summed E-state index contributed by atoms with van der Waals surface area (Å²) in [6, 6.07) is 5.57. The SMILES string of the molecule is COc1ccc2nccc(CC[C@@H](O)CC[C@H]3CN(C4=COC=C(C5=CC=CCC5)O4)C(=O)O3)c2n1. The van der Waals surface area contributed by atoms with Crippen LogP contribution in [-0.2, 0) is 20.6 Å². The summed E-state index contributed by atoms with van der Waals surface area (Å²) in [4.78, 5) is 22.8. The third-order valence-corrected chi connectivity index (χ3v) is 6.45. The van der Waals surface area contributed by atoms with Crippen molar-refractivity contribution < 1.29 is 28.8 Å². The smallest absolute Gasteiger partial charge is 0.417 e. The molecular formula is C27H29N3O6. The highest BCUT2D eigenvalue weighted by Gasteiger charge is 2.36. The van der Waals surface area contributed by atoms with Gasteiger partial charge in [-0.3, -0.25) is 4.98 Å². The van der Waals surface area contributed by atoms with Gasteiger partial charge >= 0.3 is 6.09 Å². The average molecular weight is 492 g/mol. The fourth-order valence-electron chi connectivity index (χ4n) is 4.46. The van der Waals surface area contributed by atoms with Gasteiger partial charge in [0.25, 0.3) is 0 Å². The number of aryl methyl sites for hydroxylation is 1. The van der Waals surface area contributed by atoms with Crippen molar-refractivity contribution in [2.24, 2.45) is 0 Å². The molecule has 9 heteroatoms. The predicted octanol–water partition coefficient (Wildman–Crippen LogP) is 4.50. The minimum atomic E-state index is -0.541. The Labute approximate surface area is 209 Å². The molecule has 9 nitrogen and oxygen atoms in total. The lowest BCUT2D eigenvalue weighted by Crippen LogP contribution is -2.27. The van der Waals surface area contributed by atoms with Crippen molar-refractivity contribution in [2.45, 2.75) is 50.7 Å². The van der Waals surface area contributed by atoms with Crippen LogP contribution in [0.5, 0.6) is 5.88 Å². The number of pyridine rings is 2. The van der Waals surface area contributed by atoms with Crippen LogP contribution in [0.2, 0.25) is 0 Å². The average Bonchev–Trinajstić information content (AvgIpc) is 3.31. The van der Waals surface area contributed by atoms with E-state index in [1.165, 1.54) is 11.2 Å². The van der Waals surface area contributed by atoms with Crippen LogP contribution in [0, 0.1) is 0 Å². The lowest BCUT2D eigenvalue weighted by molar-refractivity contribution is 0.102. The van der Waals surface area contributed by atoms with Crippen LogP contribution in [0.15, 0.2) is 72.4 Å². The summed E-state index contributed by atoms with van der Waals surface area (Å²) >= 11 is 0. The fourth-order valence-corrected chi connectivity index (χ4v) is 4.46. The minimum absolute atomic E-state index is 0.309. The molecule has 4 heterocycles. The molecule has 0 bridgehead atoms. The molecule has 0 saturated carbocycles. The number of hydrogen-bond acceptors (Lipinski definition) is 8. The fraction of sp³-hybridized carbons (Fsp3) is 0.370. The van der Waals surface area contributed by atoms with E-state index in [9.17, 15) is 9.90 Å². The zero-order chi connectivity index (χ0) is 24.9. The second-order valence-corrected chi connectivity index (χ2v) is 8.91.